The van der Waals surface area contributed by atoms with Gasteiger partial charge in [-0.15, -0.1) is 0 Å². The number of anilines is 1. The molecular formula is C20H21FN4O2. The van der Waals surface area contributed by atoms with E-state index in [9.17, 15) is 9.18 Å². The van der Waals surface area contributed by atoms with Crippen molar-refractivity contribution in [3.8, 4) is 0 Å². The van der Waals surface area contributed by atoms with E-state index in [2.05, 4.69) is 20.2 Å². The van der Waals surface area contributed by atoms with E-state index < -0.39 is 0 Å². The molecule has 0 aliphatic carbocycles. The largest absolute Gasteiger partial charge is 0.379 e. The second-order valence-corrected chi connectivity index (χ2v) is 6.62. The van der Waals surface area contributed by atoms with Gasteiger partial charge in [0.1, 0.15) is 5.82 Å². The first kappa shape index (κ1) is 17.6. The number of hydrogen-bond acceptors (Lipinski definition) is 4. The van der Waals surface area contributed by atoms with Gasteiger partial charge >= 0.3 is 0 Å². The molecule has 0 spiro atoms. The summed E-state index contributed by atoms with van der Waals surface area (Å²) in [7, 11) is 0. The van der Waals surface area contributed by atoms with Gasteiger partial charge < -0.3 is 15.0 Å². The van der Waals surface area contributed by atoms with Crippen molar-refractivity contribution in [3.05, 3.63) is 52.9 Å². The molecule has 2 aromatic rings. The van der Waals surface area contributed by atoms with Crippen LogP contribution in [-0.4, -0.2) is 53.6 Å². The van der Waals surface area contributed by atoms with Gasteiger partial charge in [0.25, 0.3) is 5.91 Å². The lowest BCUT2D eigenvalue weighted by Gasteiger charge is -2.25. The minimum Gasteiger partial charge on any atom is -0.379 e. The van der Waals surface area contributed by atoms with Gasteiger partial charge in [-0.3, -0.25) is 9.69 Å². The molecule has 2 N–H and O–H groups in total. The Morgan fingerprint density at radius 2 is 2.15 bits per heavy atom. The Hall–Kier alpha value is -2.77. The molecule has 0 atom stereocenters. The summed E-state index contributed by atoms with van der Waals surface area (Å²) in [5.74, 6) is -0.603. The van der Waals surface area contributed by atoms with E-state index >= 15 is 0 Å². The van der Waals surface area contributed by atoms with Crippen molar-refractivity contribution in [2.24, 2.45) is 0 Å². The Kier molecular flexibility index (Phi) is 4.87. The predicted molar refractivity (Wildman–Crippen MR) is 103 cm³/mol. The number of H-pyrrole nitrogens is 1. The number of ether oxygens (including phenoxy) is 1. The van der Waals surface area contributed by atoms with Crippen LogP contribution in [0.5, 0.6) is 0 Å². The number of fused-ring (bicyclic) bond motifs is 1. The summed E-state index contributed by atoms with van der Waals surface area (Å²) in [5.41, 5.74) is 3.56. The average molecular weight is 368 g/mol. The number of hydrogen-bond donors (Lipinski definition) is 2. The van der Waals surface area contributed by atoms with E-state index in [0.29, 0.717) is 34.6 Å². The maximum Gasteiger partial charge on any atom is 0.256 e. The number of carbonyl (C=O) groups is 1. The summed E-state index contributed by atoms with van der Waals surface area (Å²) in [6, 6.07) is 2.98. The predicted octanol–water partition coefficient (Wildman–Crippen LogP) is 2.70. The third kappa shape index (κ3) is 3.56. The van der Waals surface area contributed by atoms with Crippen LogP contribution in [0.4, 0.5) is 10.1 Å². The highest BCUT2D eigenvalue weighted by atomic mass is 19.1. The van der Waals surface area contributed by atoms with Gasteiger partial charge in [-0.2, -0.15) is 0 Å². The molecule has 0 bridgehead atoms. The molecule has 7 heteroatoms. The van der Waals surface area contributed by atoms with Gasteiger partial charge in [-0.05, 0) is 25.1 Å². The smallest absolute Gasteiger partial charge is 0.256 e. The topological polar surface area (TPSA) is 70.2 Å². The van der Waals surface area contributed by atoms with Gasteiger partial charge in [0, 0.05) is 42.1 Å². The zero-order valence-electron chi connectivity index (χ0n) is 15.1. The molecule has 140 valence electrons. The normalized spacial score (nSPS) is 19.0. The number of nitrogens with zero attached hydrogens (tertiary/aromatic N) is 2. The Labute approximate surface area is 156 Å². The molecule has 3 heterocycles. The van der Waals surface area contributed by atoms with E-state index in [1.165, 1.54) is 6.07 Å². The number of morpholine rings is 1. The number of amides is 1. The lowest BCUT2D eigenvalue weighted by Crippen LogP contribution is -2.36. The van der Waals surface area contributed by atoms with Crippen LogP contribution in [0, 0.1) is 12.7 Å². The Morgan fingerprint density at radius 3 is 2.89 bits per heavy atom. The standard InChI is InChI=1S/C20H21FN4O2/c1-13-18(23-12-22-13)11-15-19-14(3-2-6-25-7-9-27-10-8-25)16(21)4-5-17(19)24-20(15)26/h2-5,11-12H,6-10H2,1H3,(H,22,23)(H,24,26)/b3-2+,15-11-. The number of aryl methyl sites for hydroxylation is 1. The van der Waals surface area contributed by atoms with Crippen LogP contribution < -0.4 is 5.32 Å². The molecule has 2 aliphatic rings. The summed E-state index contributed by atoms with van der Waals surface area (Å²) in [6.07, 6.45) is 6.97. The third-order valence-corrected chi connectivity index (χ3v) is 4.86. The summed E-state index contributed by atoms with van der Waals surface area (Å²) in [5, 5.41) is 2.81. The van der Waals surface area contributed by atoms with Crippen LogP contribution in [0.15, 0.2) is 24.5 Å². The summed E-state index contributed by atoms with van der Waals surface area (Å²) >= 11 is 0. The van der Waals surface area contributed by atoms with Gasteiger partial charge in [0.2, 0.25) is 0 Å². The lowest BCUT2D eigenvalue weighted by atomic mass is 9.98. The number of aromatic nitrogens is 2. The number of carbonyl (C=O) groups excluding carboxylic acids is 1. The Balaban J connectivity index is 1.68. The molecular weight excluding hydrogens is 347 g/mol. The molecule has 1 saturated heterocycles. The minimum absolute atomic E-state index is 0.249. The van der Waals surface area contributed by atoms with Gasteiger partial charge in [-0.25, -0.2) is 9.37 Å². The summed E-state index contributed by atoms with van der Waals surface area (Å²) in [4.78, 5) is 21.9. The van der Waals surface area contributed by atoms with E-state index in [1.54, 1.807) is 24.5 Å². The average Bonchev–Trinajstić information content (AvgIpc) is 3.22. The molecule has 0 radical (unpaired) electrons. The quantitative estimate of drug-likeness (QED) is 0.814. The van der Waals surface area contributed by atoms with Gasteiger partial charge in [0.15, 0.2) is 0 Å². The second-order valence-electron chi connectivity index (χ2n) is 6.62. The summed E-state index contributed by atoms with van der Waals surface area (Å²) < 4.78 is 19.9. The number of rotatable bonds is 4. The van der Waals surface area contributed by atoms with Crippen molar-refractivity contribution in [2.75, 3.05) is 38.2 Å². The molecule has 1 aromatic heterocycles. The molecule has 6 nitrogen and oxygen atoms in total. The van der Waals surface area contributed by atoms with Crippen molar-refractivity contribution in [3.63, 3.8) is 0 Å². The Bertz CT molecular complexity index is 926. The van der Waals surface area contributed by atoms with Gasteiger partial charge in [-0.1, -0.05) is 12.2 Å². The maximum atomic E-state index is 14.6. The fourth-order valence-electron chi connectivity index (χ4n) is 3.35. The maximum absolute atomic E-state index is 14.6. The fraction of sp³-hybridized carbons (Fsp3) is 0.300. The van der Waals surface area contributed by atoms with Crippen molar-refractivity contribution in [2.45, 2.75) is 6.92 Å². The first-order valence-corrected chi connectivity index (χ1v) is 8.96. The summed E-state index contributed by atoms with van der Waals surface area (Å²) in [6.45, 7) is 5.76. The number of benzene rings is 1. The second kappa shape index (κ2) is 7.46. The van der Waals surface area contributed by atoms with E-state index in [0.717, 1.165) is 32.0 Å². The third-order valence-electron chi connectivity index (χ3n) is 4.86. The first-order chi connectivity index (χ1) is 13.1. The molecule has 1 amide bonds. The zero-order chi connectivity index (χ0) is 18.8. The van der Waals surface area contributed by atoms with Crippen LogP contribution in [0.25, 0.3) is 17.7 Å². The van der Waals surface area contributed by atoms with Crippen LogP contribution in [0.3, 0.4) is 0 Å². The number of aromatic amines is 1. The number of nitrogens with one attached hydrogen (secondary N) is 2. The first-order valence-electron chi connectivity index (χ1n) is 8.96. The number of halogens is 1. The van der Waals surface area contributed by atoms with E-state index in [-0.39, 0.29) is 11.7 Å². The van der Waals surface area contributed by atoms with E-state index in [1.807, 2.05) is 13.0 Å². The van der Waals surface area contributed by atoms with Crippen molar-refractivity contribution in [1.29, 1.82) is 0 Å². The molecule has 0 unspecified atom stereocenters. The SMILES string of the molecule is Cc1[nH]cnc1/C=C1\C(=O)Nc2ccc(F)c(/C=C/CN3CCOCC3)c21. The molecule has 0 saturated carbocycles. The van der Waals surface area contributed by atoms with Crippen LogP contribution >= 0.6 is 0 Å². The highest BCUT2D eigenvalue weighted by molar-refractivity contribution is 6.35. The minimum atomic E-state index is -0.354. The van der Waals surface area contributed by atoms with Crippen LogP contribution in [0.2, 0.25) is 0 Å². The lowest BCUT2D eigenvalue weighted by molar-refractivity contribution is -0.110. The van der Waals surface area contributed by atoms with E-state index in [4.69, 9.17) is 4.74 Å². The van der Waals surface area contributed by atoms with Crippen molar-refractivity contribution < 1.29 is 13.9 Å². The molecule has 1 fully saturated rings. The molecule has 2 aliphatic heterocycles. The molecule has 4 rings (SSSR count). The van der Waals surface area contributed by atoms with Crippen LogP contribution in [-0.2, 0) is 9.53 Å². The number of imidazole rings is 1. The molecule has 27 heavy (non-hydrogen) atoms. The van der Waals surface area contributed by atoms with Crippen LogP contribution in [0.1, 0.15) is 22.5 Å². The van der Waals surface area contributed by atoms with Gasteiger partial charge in [0.05, 0.1) is 30.8 Å². The van der Waals surface area contributed by atoms with Crippen molar-refractivity contribution in [1.82, 2.24) is 14.9 Å². The fourth-order valence-corrected chi connectivity index (χ4v) is 3.35. The highest BCUT2D eigenvalue weighted by Gasteiger charge is 2.28. The molecule has 1 aromatic carbocycles. The highest BCUT2D eigenvalue weighted by Crippen LogP contribution is 2.37. The van der Waals surface area contributed by atoms with Crippen molar-refractivity contribution >= 4 is 29.3 Å². The zero-order valence-corrected chi connectivity index (χ0v) is 15.1. The Morgan fingerprint density at radius 1 is 1.33 bits per heavy atom. The monoisotopic (exact) mass is 368 g/mol.